The lowest BCUT2D eigenvalue weighted by Gasteiger charge is -2.10. The van der Waals surface area contributed by atoms with Crippen LogP contribution >= 0.6 is 0 Å². The fourth-order valence-corrected chi connectivity index (χ4v) is 6.12. The molecule has 0 atom stereocenters. The van der Waals surface area contributed by atoms with Crippen LogP contribution < -0.4 is 0 Å². The average Bonchev–Trinajstić information content (AvgIpc) is 3.04. The molecule has 0 aliphatic heterocycles. The first kappa shape index (κ1) is 22.8. The zero-order valence-electron chi connectivity index (χ0n) is 22.0. The van der Waals surface area contributed by atoms with Crippen LogP contribution in [0.5, 0.6) is 0 Å². The first-order chi connectivity index (χ1) is 19.8. The van der Waals surface area contributed by atoms with Crippen molar-refractivity contribution in [3.8, 4) is 33.4 Å². The molecule has 0 aromatic heterocycles. The van der Waals surface area contributed by atoms with Gasteiger partial charge in [-0.15, -0.1) is 0 Å². The van der Waals surface area contributed by atoms with Crippen molar-refractivity contribution in [1.82, 2.24) is 0 Å². The minimum absolute atomic E-state index is 1.23. The molecule has 8 rings (SSSR count). The highest BCUT2D eigenvalue weighted by Gasteiger charge is 2.07. The summed E-state index contributed by atoms with van der Waals surface area (Å²) in [6.45, 7) is 0. The van der Waals surface area contributed by atoms with Crippen LogP contribution in [0.3, 0.4) is 0 Å². The molecule has 0 bridgehead atoms. The van der Waals surface area contributed by atoms with Gasteiger partial charge in [0, 0.05) is 0 Å². The molecule has 8 aromatic rings. The van der Waals surface area contributed by atoms with E-state index in [0.29, 0.717) is 0 Å². The molecule has 0 saturated heterocycles. The highest BCUT2D eigenvalue weighted by atomic mass is 14.1. The number of hydrogen-bond donors (Lipinski definition) is 0. The summed E-state index contributed by atoms with van der Waals surface area (Å²) in [4.78, 5) is 0. The van der Waals surface area contributed by atoms with Crippen LogP contribution in [0.25, 0.3) is 76.5 Å². The van der Waals surface area contributed by atoms with Crippen LogP contribution in [-0.2, 0) is 0 Å². The van der Waals surface area contributed by atoms with Crippen molar-refractivity contribution in [3.05, 3.63) is 158 Å². The molecule has 0 amide bonds. The van der Waals surface area contributed by atoms with Gasteiger partial charge in [0.25, 0.3) is 0 Å². The maximum atomic E-state index is 2.31. The number of rotatable bonds is 3. The Morgan fingerprint density at radius 3 is 1.43 bits per heavy atom. The highest BCUT2D eigenvalue weighted by molar-refractivity contribution is 6.08. The van der Waals surface area contributed by atoms with E-state index in [0.717, 1.165) is 0 Å². The molecule has 0 heteroatoms. The van der Waals surface area contributed by atoms with E-state index >= 15 is 0 Å². The minimum atomic E-state index is 1.23. The second kappa shape index (κ2) is 9.22. The van der Waals surface area contributed by atoms with E-state index in [2.05, 4.69) is 158 Å². The second-order valence-corrected chi connectivity index (χ2v) is 10.6. The average molecular weight is 507 g/mol. The van der Waals surface area contributed by atoms with Crippen LogP contribution in [0.15, 0.2) is 158 Å². The van der Waals surface area contributed by atoms with Crippen molar-refractivity contribution in [1.29, 1.82) is 0 Å². The SMILES string of the molecule is c1ccc2c(-c3ccc4cc(-c5ccc(-c6ccc7c(ccc8ccccc87)c6)cc5)ccc4c3)cccc2c1. The smallest absolute Gasteiger partial charge is 0.0105 e. The Kier molecular flexibility index (Phi) is 5.24. The molecule has 0 nitrogen and oxygen atoms in total. The second-order valence-electron chi connectivity index (χ2n) is 10.6. The van der Waals surface area contributed by atoms with Crippen molar-refractivity contribution in [2.75, 3.05) is 0 Å². The van der Waals surface area contributed by atoms with Gasteiger partial charge in [-0.2, -0.15) is 0 Å². The Bertz CT molecular complexity index is 2190. The lowest BCUT2D eigenvalue weighted by atomic mass is 9.94. The van der Waals surface area contributed by atoms with Crippen molar-refractivity contribution < 1.29 is 0 Å². The summed E-state index contributed by atoms with van der Waals surface area (Å²) in [5.74, 6) is 0. The van der Waals surface area contributed by atoms with Gasteiger partial charge < -0.3 is 0 Å². The molecule has 0 radical (unpaired) electrons. The summed E-state index contributed by atoms with van der Waals surface area (Å²) in [5.41, 5.74) is 7.48. The molecule has 8 aromatic carbocycles. The molecular formula is C40H26. The predicted molar refractivity (Wildman–Crippen MR) is 173 cm³/mol. The minimum Gasteiger partial charge on any atom is -0.0616 e. The number of hydrogen-bond acceptors (Lipinski definition) is 0. The maximum absolute atomic E-state index is 2.31. The fourth-order valence-electron chi connectivity index (χ4n) is 6.12. The molecule has 0 spiro atoms. The number of fused-ring (bicyclic) bond motifs is 5. The van der Waals surface area contributed by atoms with E-state index in [1.54, 1.807) is 0 Å². The summed E-state index contributed by atoms with van der Waals surface area (Å²) in [5, 5.41) is 10.3. The van der Waals surface area contributed by atoms with Gasteiger partial charge in [-0.3, -0.25) is 0 Å². The highest BCUT2D eigenvalue weighted by Crippen LogP contribution is 2.34. The van der Waals surface area contributed by atoms with E-state index in [1.165, 1.54) is 76.5 Å². The zero-order chi connectivity index (χ0) is 26.5. The van der Waals surface area contributed by atoms with Gasteiger partial charge in [0.2, 0.25) is 0 Å². The molecule has 0 fully saturated rings. The molecule has 0 N–H and O–H groups in total. The zero-order valence-corrected chi connectivity index (χ0v) is 22.0. The van der Waals surface area contributed by atoms with E-state index in [-0.39, 0.29) is 0 Å². The largest absolute Gasteiger partial charge is 0.0616 e. The molecule has 186 valence electrons. The van der Waals surface area contributed by atoms with Crippen LogP contribution in [0.2, 0.25) is 0 Å². The molecule has 0 aliphatic rings. The molecule has 0 unspecified atom stereocenters. The third-order valence-electron chi connectivity index (χ3n) is 8.24. The Morgan fingerprint density at radius 1 is 0.225 bits per heavy atom. The van der Waals surface area contributed by atoms with E-state index in [9.17, 15) is 0 Å². The number of benzene rings is 8. The Balaban J connectivity index is 1.11. The summed E-state index contributed by atoms with van der Waals surface area (Å²) in [6, 6.07) is 57.6. The molecule has 0 saturated carbocycles. The first-order valence-electron chi connectivity index (χ1n) is 13.8. The molecule has 0 aliphatic carbocycles. The maximum Gasteiger partial charge on any atom is -0.0105 e. The quantitative estimate of drug-likeness (QED) is 0.209. The van der Waals surface area contributed by atoms with E-state index in [4.69, 9.17) is 0 Å². The van der Waals surface area contributed by atoms with Crippen LogP contribution in [0, 0.1) is 0 Å². The normalized spacial score (nSPS) is 11.5. The van der Waals surface area contributed by atoms with Gasteiger partial charge in [-0.1, -0.05) is 140 Å². The summed E-state index contributed by atoms with van der Waals surface area (Å²) >= 11 is 0. The van der Waals surface area contributed by atoms with Gasteiger partial charge in [0.1, 0.15) is 0 Å². The van der Waals surface area contributed by atoms with Crippen molar-refractivity contribution >= 4 is 43.1 Å². The van der Waals surface area contributed by atoms with Crippen molar-refractivity contribution in [3.63, 3.8) is 0 Å². The Morgan fingerprint density at radius 2 is 0.675 bits per heavy atom. The monoisotopic (exact) mass is 506 g/mol. The van der Waals surface area contributed by atoms with E-state index in [1.807, 2.05) is 0 Å². The lowest BCUT2D eigenvalue weighted by molar-refractivity contribution is 1.61. The van der Waals surface area contributed by atoms with Gasteiger partial charge in [0.05, 0.1) is 0 Å². The summed E-state index contributed by atoms with van der Waals surface area (Å²) in [7, 11) is 0. The Labute approximate surface area is 233 Å². The van der Waals surface area contributed by atoms with Gasteiger partial charge in [-0.25, -0.2) is 0 Å². The lowest BCUT2D eigenvalue weighted by Crippen LogP contribution is -1.84. The molecule has 0 heterocycles. The summed E-state index contributed by atoms with van der Waals surface area (Å²) in [6.07, 6.45) is 0. The third kappa shape index (κ3) is 3.85. The van der Waals surface area contributed by atoms with Crippen molar-refractivity contribution in [2.45, 2.75) is 0 Å². The van der Waals surface area contributed by atoms with Gasteiger partial charge in [-0.05, 0) is 94.7 Å². The predicted octanol–water partition coefficient (Wildman–Crippen LogP) is 11.3. The Hall–Kier alpha value is -5.20. The topological polar surface area (TPSA) is 0 Å². The molecule has 40 heavy (non-hydrogen) atoms. The molecular weight excluding hydrogens is 480 g/mol. The van der Waals surface area contributed by atoms with Crippen LogP contribution in [0.4, 0.5) is 0 Å². The van der Waals surface area contributed by atoms with Gasteiger partial charge >= 0.3 is 0 Å². The van der Waals surface area contributed by atoms with E-state index < -0.39 is 0 Å². The standard InChI is InChI=1S/C40H26/c1-3-9-37-29(6-1)8-5-11-39(37)35-21-19-33-24-31(17-18-34(33)26-35)27-12-14-28(15-13-27)32-22-23-40-36(25-32)20-16-30-7-2-4-10-38(30)40/h1-26H. The van der Waals surface area contributed by atoms with Crippen LogP contribution in [0.1, 0.15) is 0 Å². The summed E-state index contributed by atoms with van der Waals surface area (Å²) < 4.78 is 0. The fraction of sp³-hybridized carbons (Fsp3) is 0. The van der Waals surface area contributed by atoms with Gasteiger partial charge in [0.15, 0.2) is 0 Å². The van der Waals surface area contributed by atoms with Crippen molar-refractivity contribution in [2.24, 2.45) is 0 Å². The third-order valence-corrected chi connectivity index (χ3v) is 8.24. The first-order valence-corrected chi connectivity index (χ1v) is 13.8. The van der Waals surface area contributed by atoms with Crippen LogP contribution in [-0.4, -0.2) is 0 Å².